The molecule has 5 nitrogen and oxygen atoms in total. The number of hydrogen-bond donors (Lipinski definition) is 0. The summed E-state index contributed by atoms with van der Waals surface area (Å²) in [5.41, 5.74) is 0.518. The Morgan fingerprint density at radius 2 is 1.44 bits per heavy atom. The third-order valence-corrected chi connectivity index (χ3v) is 6.59. The van der Waals surface area contributed by atoms with Crippen LogP contribution in [0.15, 0.2) is 48.5 Å². The second kappa shape index (κ2) is 12.5. The summed E-state index contributed by atoms with van der Waals surface area (Å²) < 4.78 is 44.0. The third-order valence-electron chi connectivity index (χ3n) is 6.59. The van der Waals surface area contributed by atoms with Crippen molar-refractivity contribution in [3.05, 3.63) is 65.7 Å². The predicted molar refractivity (Wildman–Crippen MR) is 139 cm³/mol. The van der Waals surface area contributed by atoms with E-state index in [1.165, 1.54) is 6.07 Å². The molecule has 0 aliphatic carbocycles. The highest BCUT2D eigenvalue weighted by molar-refractivity contribution is 5.22. The van der Waals surface area contributed by atoms with Crippen molar-refractivity contribution < 1.29 is 23.0 Å². The van der Waals surface area contributed by atoms with Crippen LogP contribution in [0.3, 0.4) is 0 Å². The molecule has 0 aromatic heterocycles. The summed E-state index contributed by atoms with van der Waals surface area (Å²) in [5.74, 6) is 0.0778. The largest absolute Gasteiger partial charge is 0.491 e. The van der Waals surface area contributed by atoms with Gasteiger partial charge in [0.15, 0.2) is 0 Å². The lowest BCUT2D eigenvalue weighted by Crippen LogP contribution is -2.52. The molecule has 7 heteroatoms. The molecule has 2 aliphatic heterocycles. The van der Waals surface area contributed by atoms with E-state index in [1.54, 1.807) is 0 Å². The topological polar surface area (TPSA) is 34.2 Å². The molecule has 200 valence electrons. The second-order valence-electron chi connectivity index (χ2n) is 11.4. The zero-order valence-corrected chi connectivity index (χ0v) is 22.6. The van der Waals surface area contributed by atoms with Crippen LogP contribution >= 0.6 is 0 Å². The van der Waals surface area contributed by atoms with Crippen LogP contribution in [-0.4, -0.2) is 73.0 Å². The number of ether oxygens (including phenoxy) is 3. The molecule has 0 N–H and O–H groups in total. The second-order valence-corrected chi connectivity index (χ2v) is 11.4. The van der Waals surface area contributed by atoms with Gasteiger partial charge in [-0.3, -0.25) is 9.80 Å². The molecule has 0 radical (unpaired) electrons. The van der Waals surface area contributed by atoms with Crippen LogP contribution < -0.4 is 4.74 Å². The number of rotatable bonds is 4. The Bertz CT molecular complexity index is 944. The van der Waals surface area contributed by atoms with E-state index >= 15 is 0 Å². The summed E-state index contributed by atoms with van der Waals surface area (Å²) in [6, 6.07) is 13.4. The number of hydrogen-bond acceptors (Lipinski definition) is 5. The van der Waals surface area contributed by atoms with Crippen LogP contribution in [0, 0.1) is 11.6 Å². The molecule has 2 aromatic rings. The van der Waals surface area contributed by atoms with Gasteiger partial charge in [0.25, 0.3) is 0 Å². The van der Waals surface area contributed by atoms with Gasteiger partial charge in [-0.25, -0.2) is 8.78 Å². The molecule has 2 saturated heterocycles. The molecule has 2 aliphatic rings. The van der Waals surface area contributed by atoms with Crippen molar-refractivity contribution in [3.8, 4) is 5.75 Å². The lowest BCUT2D eigenvalue weighted by Gasteiger charge is -2.41. The molecule has 0 amide bonds. The van der Waals surface area contributed by atoms with Gasteiger partial charge in [-0.15, -0.1) is 0 Å². The maximum absolute atomic E-state index is 13.7. The highest BCUT2D eigenvalue weighted by Crippen LogP contribution is 2.28. The first-order valence-corrected chi connectivity index (χ1v) is 12.8. The zero-order chi connectivity index (χ0) is 26.3. The normalized spacial score (nSPS) is 22.0. The molecule has 2 unspecified atom stereocenters. The minimum Gasteiger partial charge on any atom is -0.491 e. The fraction of sp³-hybridized carbons (Fsp3) is 0.586. The minimum absolute atomic E-state index is 0.00578. The predicted octanol–water partition coefficient (Wildman–Crippen LogP) is 5.70. The van der Waals surface area contributed by atoms with Gasteiger partial charge in [0, 0.05) is 42.8 Å². The lowest BCUT2D eigenvalue weighted by atomic mass is 10.0. The molecule has 4 rings (SSSR count). The van der Waals surface area contributed by atoms with E-state index < -0.39 is 17.7 Å². The first kappa shape index (κ1) is 28.5. The summed E-state index contributed by atoms with van der Waals surface area (Å²) in [6.45, 7) is 18.4. The van der Waals surface area contributed by atoms with E-state index in [0.29, 0.717) is 25.3 Å². The van der Waals surface area contributed by atoms with Gasteiger partial charge in [-0.1, -0.05) is 18.2 Å². The molecular weight excluding hydrogens is 462 g/mol. The monoisotopic (exact) mass is 504 g/mol. The molecule has 2 aromatic carbocycles. The SMILES string of the molecule is CC(C)(C)N1CCOC(COc2ccccc2)C1.CC(C)(C)N1CCOC(c2cc(F)ccc2F)C1. The maximum atomic E-state index is 13.7. The third kappa shape index (κ3) is 8.51. The highest BCUT2D eigenvalue weighted by Gasteiger charge is 2.31. The number of halogens is 2. The number of morpholine rings is 2. The van der Waals surface area contributed by atoms with Crippen LogP contribution in [0.1, 0.15) is 53.2 Å². The number of benzene rings is 2. The molecule has 0 saturated carbocycles. The van der Waals surface area contributed by atoms with Crippen molar-refractivity contribution >= 4 is 0 Å². The van der Waals surface area contributed by atoms with E-state index in [1.807, 2.05) is 30.3 Å². The molecule has 2 fully saturated rings. The van der Waals surface area contributed by atoms with Crippen molar-refractivity contribution in [3.63, 3.8) is 0 Å². The van der Waals surface area contributed by atoms with E-state index in [4.69, 9.17) is 14.2 Å². The van der Waals surface area contributed by atoms with Gasteiger partial charge in [-0.2, -0.15) is 0 Å². The number of para-hydroxylation sites is 1. The van der Waals surface area contributed by atoms with Crippen LogP contribution in [0.5, 0.6) is 5.75 Å². The molecule has 2 atom stereocenters. The number of nitrogens with zero attached hydrogens (tertiary/aromatic N) is 2. The van der Waals surface area contributed by atoms with E-state index in [-0.39, 0.29) is 17.2 Å². The fourth-order valence-corrected chi connectivity index (χ4v) is 4.34. The fourth-order valence-electron chi connectivity index (χ4n) is 4.34. The molecule has 2 heterocycles. The van der Waals surface area contributed by atoms with Crippen molar-refractivity contribution in [1.82, 2.24) is 9.80 Å². The first-order chi connectivity index (χ1) is 16.9. The van der Waals surface area contributed by atoms with Crippen LogP contribution in [0.25, 0.3) is 0 Å². The Hall–Kier alpha value is -2.06. The van der Waals surface area contributed by atoms with Crippen molar-refractivity contribution in [2.75, 3.05) is 46.0 Å². The average Bonchev–Trinajstić information content (AvgIpc) is 2.84. The van der Waals surface area contributed by atoms with Gasteiger partial charge in [0.05, 0.1) is 19.3 Å². The van der Waals surface area contributed by atoms with Crippen molar-refractivity contribution in [2.45, 2.75) is 64.8 Å². The Labute approximate surface area is 215 Å². The standard InChI is InChI=1S/C15H23NO2.C14H19F2NO/c1-15(2,3)16-9-10-17-14(11-16)12-18-13-7-5-4-6-8-13;1-14(2,3)17-6-7-18-13(9-17)11-8-10(15)4-5-12(11)16/h4-8,14H,9-12H2,1-3H3;4-5,8,13H,6-7,9H2,1-3H3. The smallest absolute Gasteiger partial charge is 0.129 e. The lowest BCUT2D eigenvalue weighted by molar-refractivity contribution is -0.0729. The van der Waals surface area contributed by atoms with Crippen LogP contribution in [0.2, 0.25) is 0 Å². The Balaban J connectivity index is 0.000000201. The molecular formula is C29H42F2N2O3. The summed E-state index contributed by atoms with van der Waals surface area (Å²) in [4.78, 5) is 4.68. The minimum atomic E-state index is -0.428. The quantitative estimate of drug-likeness (QED) is 0.534. The van der Waals surface area contributed by atoms with Crippen LogP contribution in [0.4, 0.5) is 8.78 Å². The zero-order valence-electron chi connectivity index (χ0n) is 22.6. The van der Waals surface area contributed by atoms with Crippen molar-refractivity contribution in [1.29, 1.82) is 0 Å². The molecule has 0 bridgehead atoms. The maximum Gasteiger partial charge on any atom is 0.129 e. The molecule has 0 spiro atoms. The van der Waals surface area contributed by atoms with Gasteiger partial charge >= 0.3 is 0 Å². The van der Waals surface area contributed by atoms with Gasteiger partial charge in [0.2, 0.25) is 0 Å². The highest BCUT2D eigenvalue weighted by atomic mass is 19.1. The summed E-state index contributed by atoms with van der Waals surface area (Å²) in [5, 5.41) is 0. The summed E-state index contributed by atoms with van der Waals surface area (Å²) >= 11 is 0. The van der Waals surface area contributed by atoms with E-state index in [2.05, 4.69) is 51.3 Å². The Morgan fingerprint density at radius 1 is 0.833 bits per heavy atom. The first-order valence-electron chi connectivity index (χ1n) is 12.8. The molecule has 36 heavy (non-hydrogen) atoms. The van der Waals surface area contributed by atoms with Gasteiger partial charge in [0.1, 0.15) is 30.1 Å². The van der Waals surface area contributed by atoms with Gasteiger partial charge in [-0.05, 0) is 71.9 Å². The van der Waals surface area contributed by atoms with E-state index in [9.17, 15) is 8.78 Å². The Morgan fingerprint density at radius 3 is 2.08 bits per heavy atom. The average molecular weight is 505 g/mol. The van der Waals surface area contributed by atoms with E-state index in [0.717, 1.165) is 44.1 Å². The van der Waals surface area contributed by atoms with Gasteiger partial charge < -0.3 is 14.2 Å². The van der Waals surface area contributed by atoms with Crippen molar-refractivity contribution in [2.24, 2.45) is 0 Å². The summed E-state index contributed by atoms with van der Waals surface area (Å²) in [7, 11) is 0. The summed E-state index contributed by atoms with van der Waals surface area (Å²) in [6.07, 6.45) is -0.230. The van der Waals surface area contributed by atoms with Crippen LogP contribution in [-0.2, 0) is 9.47 Å². The Kier molecular flexibility index (Phi) is 9.86.